The second-order valence-corrected chi connectivity index (χ2v) is 5.22. The first-order chi connectivity index (χ1) is 9.04. The minimum Gasteiger partial charge on any atom is -0.469 e. The van der Waals surface area contributed by atoms with Gasteiger partial charge in [0.05, 0.1) is 12.3 Å². The van der Waals surface area contributed by atoms with Crippen LogP contribution in [-0.2, 0) is 0 Å². The third-order valence-corrected chi connectivity index (χ3v) is 3.81. The van der Waals surface area contributed by atoms with Crippen LogP contribution in [0, 0.1) is 27.7 Å². The molecular weight excluding hydrogens is 234 g/mol. The van der Waals surface area contributed by atoms with E-state index in [4.69, 9.17) is 4.42 Å². The van der Waals surface area contributed by atoms with Crippen molar-refractivity contribution < 1.29 is 4.42 Å². The van der Waals surface area contributed by atoms with Crippen molar-refractivity contribution in [3.63, 3.8) is 0 Å². The van der Waals surface area contributed by atoms with Gasteiger partial charge in [-0.1, -0.05) is 19.1 Å². The minimum atomic E-state index is 0.211. The molecule has 1 unspecified atom stereocenters. The van der Waals surface area contributed by atoms with Crippen molar-refractivity contribution in [1.82, 2.24) is 5.32 Å². The lowest BCUT2D eigenvalue weighted by molar-refractivity contribution is 0.519. The molecule has 0 aliphatic carbocycles. The Balaban J connectivity index is 2.51. The predicted octanol–water partition coefficient (Wildman–Crippen LogP) is 4.21. The van der Waals surface area contributed by atoms with Gasteiger partial charge in [-0.15, -0.1) is 0 Å². The molecule has 1 atom stereocenters. The summed E-state index contributed by atoms with van der Waals surface area (Å²) in [6, 6.07) is 6.84. The van der Waals surface area contributed by atoms with E-state index in [9.17, 15) is 0 Å². The monoisotopic (exact) mass is 257 g/mol. The Bertz CT molecular complexity index is 569. The van der Waals surface area contributed by atoms with Gasteiger partial charge in [-0.2, -0.15) is 0 Å². The Hall–Kier alpha value is -1.54. The molecule has 0 aliphatic heterocycles. The second kappa shape index (κ2) is 5.62. The molecule has 2 rings (SSSR count). The molecular formula is C17H23NO. The van der Waals surface area contributed by atoms with Crippen LogP contribution < -0.4 is 5.32 Å². The van der Waals surface area contributed by atoms with E-state index < -0.39 is 0 Å². The Kier molecular flexibility index (Phi) is 4.11. The highest BCUT2D eigenvalue weighted by molar-refractivity contribution is 5.42. The zero-order chi connectivity index (χ0) is 14.0. The van der Waals surface area contributed by atoms with Crippen LogP contribution in [0.4, 0.5) is 0 Å². The summed E-state index contributed by atoms with van der Waals surface area (Å²) in [4.78, 5) is 0. The molecule has 19 heavy (non-hydrogen) atoms. The highest BCUT2D eigenvalue weighted by atomic mass is 16.3. The Morgan fingerprint density at radius 3 is 2.26 bits per heavy atom. The fourth-order valence-corrected chi connectivity index (χ4v) is 2.58. The molecule has 102 valence electrons. The number of rotatable bonds is 4. The third-order valence-electron chi connectivity index (χ3n) is 3.81. The maximum Gasteiger partial charge on any atom is 0.105 e. The van der Waals surface area contributed by atoms with E-state index in [0.29, 0.717) is 0 Å². The van der Waals surface area contributed by atoms with Crippen molar-refractivity contribution in [3.8, 4) is 0 Å². The average molecular weight is 257 g/mol. The highest BCUT2D eigenvalue weighted by Crippen LogP contribution is 2.29. The first kappa shape index (κ1) is 13.9. The van der Waals surface area contributed by atoms with Gasteiger partial charge in [0.15, 0.2) is 0 Å². The number of hydrogen-bond acceptors (Lipinski definition) is 2. The van der Waals surface area contributed by atoms with E-state index >= 15 is 0 Å². The van der Waals surface area contributed by atoms with Crippen molar-refractivity contribution in [1.29, 1.82) is 0 Å². The molecule has 0 aliphatic rings. The molecule has 0 bridgehead atoms. The summed E-state index contributed by atoms with van der Waals surface area (Å²) in [5, 5.41) is 3.57. The molecule has 0 saturated carbocycles. The fourth-order valence-electron chi connectivity index (χ4n) is 2.58. The SMILES string of the molecule is CCNC(c1cc(C)c(C)cc1C)c1ccoc1C. The summed E-state index contributed by atoms with van der Waals surface area (Å²) in [5.74, 6) is 0.989. The maximum atomic E-state index is 5.47. The van der Waals surface area contributed by atoms with Crippen molar-refractivity contribution >= 4 is 0 Å². The van der Waals surface area contributed by atoms with Crippen LogP contribution in [0.3, 0.4) is 0 Å². The number of hydrogen-bond donors (Lipinski definition) is 1. The maximum absolute atomic E-state index is 5.47. The summed E-state index contributed by atoms with van der Waals surface area (Å²) < 4.78 is 5.47. The van der Waals surface area contributed by atoms with E-state index in [0.717, 1.165) is 12.3 Å². The van der Waals surface area contributed by atoms with Crippen LogP contribution in [0.1, 0.15) is 46.5 Å². The molecule has 2 nitrogen and oxygen atoms in total. The van der Waals surface area contributed by atoms with Crippen LogP contribution in [0.2, 0.25) is 0 Å². The largest absolute Gasteiger partial charge is 0.469 e. The van der Waals surface area contributed by atoms with E-state index in [-0.39, 0.29) is 6.04 Å². The normalized spacial score (nSPS) is 12.7. The van der Waals surface area contributed by atoms with Crippen LogP contribution >= 0.6 is 0 Å². The van der Waals surface area contributed by atoms with E-state index in [1.807, 2.05) is 6.92 Å². The Morgan fingerprint density at radius 2 is 1.68 bits per heavy atom. The Labute approximate surface area is 115 Å². The number of furan rings is 1. The zero-order valence-corrected chi connectivity index (χ0v) is 12.5. The van der Waals surface area contributed by atoms with Crippen molar-refractivity contribution in [2.24, 2.45) is 0 Å². The van der Waals surface area contributed by atoms with Gasteiger partial charge in [-0.05, 0) is 62.6 Å². The molecule has 1 aromatic carbocycles. The van der Waals surface area contributed by atoms with Crippen LogP contribution in [0.25, 0.3) is 0 Å². The summed E-state index contributed by atoms with van der Waals surface area (Å²) >= 11 is 0. The van der Waals surface area contributed by atoms with Gasteiger partial charge >= 0.3 is 0 Å². The van der Waals surface area contributed by atoms with Crippen molar-refractivity contribution in [3.05, 3.63) is 58.0 Å². The highest BCUT2D eigenvalue weighted by Gasteiger charge is 2.19. The summed E-state index contributed by atoms with van der Waals surface area (Å²) in [5.41, 5.74) is 6.59. The molecule has 1 aromatic heterocycles. The van der Waals surface area contributed by atoms with Gasteiger partial charge in [-0.25, -0.2) is 0 Å². The minimum absolute atomic E-state index is 0.211. The zero-order valence-electron chi connectivity index (χ0n) is 12.5. The summed E-state index contributed by atoms with van der Waals surface area (Å²) in [7, 11) is 0. The molecule has 2 aromatic rings. The molecule has 0 spiro atoms. The second-order valence-electron chi connectivity index (χ2n) is 5.22. The van der Waals surface area contributed by atoms with Crippen LogP contribution in [0.15, 0.2) is 28.9 Å². The fraction of sp³-hybridized carbons (Fsp3) is 0.412. The lowest BCUT2D eigenvalue weighted by Crippen LogP contribution is -2.23. The topological polar surface area (TPSA) is 25.2 Å². The smallest absolute Gasteiger partial charge is 0.105 e. The molecule has 1 heterocycles. The van der Waals surface area contributed by atoms with Crippen LogP contribution in [-0.4, -0.2) is 6.54 Å². The molecule has 0 saturated heterocycles. The van der Waals surface area contributed by atoms with E-state index in [2.05, 4.69) is 51.2 Å². The molecule has 1 N–H and O–H groups in total. The summed E-state index contributed by atoms with van der Waals surface area (Å²) in [6.07, 6.45) is 1.77. The molecule has 0 radical (unpaired) electrons. The van der Waals surface area contributed by atoms with Gasteiger partial charge in [0, 0.05) is 5.56 Å². The first-order valence-corrected chi connectivity index (χ1v) is 6.89. The average Bonchev–Trinajstić information content (AvgIpc) is 2.77. The number of benzene rings is 1. The van der Waals surface area contributed by atoms with E-state index in [1.54, 1.807) is 6.26 Å². The van der Waals surface area contributed by atoms with Gasteiger partial charge in [0.25, 0.3) is 0 Å². The van der Waals surface area contributed by atoms with Crippen molar-refractivity contribution in [2.45, 2.75) is 40.7 Å². The quantitative estimate of drug-likeness (QED) is 0.887. The third kappa shape index (κ3) is 2.74. The van der Waals surface area contributed by atoms with E-state index in [1.165, 1.54) is 27.8 Å². The van der Waals surface area contributed by atoms with Gasteiger partial charge in [-0.3, -0.25) is 0 Å². The summed E-state index contributed by atoms with van der Waals surface area (Å²) in [6.45, 7) is 11.6. The lowest BCUT2D eigenvalue weighted by Gasteiger charge is -2.21. The predicted molar refractivity (Wildman–Crippen MR) is 79.6 cm³/mol. The molecule has 2 heteroatoms. The number of aryl methyl sites for hydroxylation is 4. The van der Waals surface area contributed by atoms with Gasteiger partial charge in [0.1, 0.15) is 5.76 Å². The first-order valence-electron chi connectivity index (χ1n) is 6.89. The number of nitrogens with one attached hydrogen (secondary N) is 1. The standard InChI is InChI=1S/C17H23NO/c1-6-18-17(15-7-8-19-14(15)5)16-10-12(3)11(2)9-13(16)4/h7-10,17-18H,6H2,1-5H3. The van der Waals surface area contributed by atoms with Gasteiger partial charge in [0.2, 0.25) is 0 Å². The van der Waals surface area contributed by atoms with Crippen molar-refractivity contribution in [2.75, 3.05) is 6.54 Å². The van der Waals surface area contributed by atoms with Gasteiger partial charge < -0.3 is 9.73 Å². The Morgan fingerprint density at radius 1 is 1.00 bits per heavy atom. The van der Waals surface area contributed by atoms with Crippen LogP contribution in [0.5, 0.6) is 0 Å². The lowest BCUT2D eigenvalue weighted by atomic mass is 9.92. The molecule has 0 fully saturated rings. The molecule has 0 amide bonds.